The van der Waals surface area contributed by atoms with Gasteiger partial charge in [-0.25, -0.2) is 0 Å². The number of anilines is 1. The summed E-state index contributed by atoms with van der Waals surface area (Å²) in [6.45, 7) is 0. The van der Waals surface area contributed by atoms with E-state index in [0.717, 1.165) is 0 Å². The zero-order valence-electron chi connectivity index (χ0n) is 9.34. The second kappa shape index (κ2) is 4.14. The number of amides is 1. The largest absolute Gasteiger partial charge is 0.481 e. The van der Waals surface area contributed by atoms with Crippen LogP contribution in [0.25, 0.3) is 0 Å². The van der Waals surface area contributed by atoms with Crippen LogP contribution in [0.4, 0.5) is 5.69 Å². The molecule has 0 saturated heterocycles. The first kappa shape index (κ1) is 12.1. The molecule has 6 nitrogen and oxygen atoms in total. The van der Waals surface area contributed by atoms with Crippen molar-refractivity contribution in [3.8, 4) is 0 Å². The van der Waals surface area contributed by atoms with E-state index in [1.54, 1.807) is 24.3 Å². The maximum atomic E-state index is 12.0. The quantitative estimate of drug-likeness (QED) is 0.733. The van der Waals surface area contributed by atoms with Crippen molar-refractivity contribution in [1.29, 1.82) is 0 Å². The van der Waals surface area contributed by atoms with Crippen molar-refractivity contribution in [3.05, 3.63) is 29.8 Å². The smallest absolute Gasteiger partial charge is 0.304 e. The summed E-state index contributed by atoms with van der Waals surface area (Å²) in [6.07, 6.45) is -1.08. The number of rotatable bonds is 4. The van der Waals surface area contributed by atoms with Gasteiger partial charge in [-0.05, 0) is 11.6 Å². The first-order chi connectivity index (χ1) is 8.45. The maximum absolute atomic E-state index is 12.0. The van der Waals surface area contributed by atoms with Crippen LogP contribution >= 0.6 is 0 Å². The van der Waals surface area contributed by atoms with Gasteiger partial charge in [0.25, 0.3) is 0 Å². The van der Waals surface area contributed by atoms with E-state index < -0.39 is 36.1 Å². The first-order valence-corrected chi connectivity index (χ1v) is 5.30. The summed E-state index contributed by atoms with van der Waals surface area (Å²) in [4.78, 5) is 33.8. The summed E-state index contributed by atoms with van der Waals surface area (Å²) in [5.74, 6) is -2.99. The summed E-state index contributed by atoms with van der Waals surface area (Å²) in [6, 6.07) is 6.55. The first-order valence-electron chi connectivity index (χ1n) is 5.30. The minimum atomic E-state index is -1.52. The summed E-state index contributed by atoms with van der Waals surface area (Å²) < 4.78 is 0. The predicted molar refractivity (Wildman–Crippen MR) is 61.3 cm³/mol. The van der Waals surface area contributed by atoms with Crippen molar-refractivity contribution >= 4 is 23.5 Å². The maximum Gasteiger partial charge on any atom is 0.304 e. The molecule has 1 aromatic carbocycles. The minimum absolute atomic E-state index is 0.430. The molecule has 1 aliphatic rings. The molecule has 0 saturated carbocycles. The zero-order valence-corrected chi connectivity index (χ0v) is 9.34. The Labute approximate surface area is 102 Å². The lowest BCUT2D eigenvalue weighted by Gasteiger charge is -2.23. The van der Waals surface area contributed by atoms with Gasteiger partial charge in [-0.2, -0.15) is 0 Å². The highest BCUT2D eigenvalue weighted by Crippen LogP contribution is 2.42. The van der Waals surface area contributed by atoms with E-state index in [1.807, 2.05) is 0 Å². The lowest BCUT2D eigenvalue weighted by molar-refractivity contribution is -0.145. The Bertz CT molecular complexity index is 521. The van der Waals surface area contributed by atoms with E-state index in [4.69, 9.17) is 10.2 Å². The number of fused-ring (bicyclic) bond motifs is 1. The number of hydrogen-bond acceptors (Lipinski definition) is 3. The standard InChI is InChI=1S/C12H11NO5/c14-9(15)5-12(6-10(16)17)7-3-1-2-4-8(7)13-11(12)18/h1-4H,5-6H2,(H,13,18)(H,14,15)(H,16,17). The van der Waals surface area contributed by atoms with Crippen molar-refractivity contribution in [2.75, 3.05) is 5.32 Å². The predicted octanol–water partition coefficient (Wildman–Crippen LogP) is 0.826. The van der Waals surface area contributed by atoms with Gasteiger partial charge in [0.1, 0.15) is 0 Å². The van der Waals surface area contributed by atoms with Crippen LogP contribution in [0.3, 0.4) is 0 Å². The zero-order chi connectivity index (χ0) is 13.3. The molecule has 94 valence electrons. The molecule has 0 aromatic heterocycles. The molecule has 0 unspecified atom stereocenters. The third-order valence-electron chi connectivity index (χ3n) is 3.03. The van der Waals surface area contributed by atoms with E-state index in [2.05, 4.69) is 5.32 Å². The second-order valence-electron chi connectivity index (χ2n) is 4.22. The van der Waals surface area contributed by atoms with Gasteiger partial charge < -0.3 is 15.5 Å². The van der Waals surface area contributed by atoms with Gasteiger partial charge in [0.05, 0.1) is 18.3 Å². The summed E-state index contributed by atoms with van der Waals surface area (Å²) in [7, 11) is 0. The van der Waals surface area contributed by atoms with E-state index in [1.165, 1.54) is 0 Å². The third kappa shape index (κ3) is 1.81. The molecule has 18 heavy (non-hydrogen) atoms. The molecule has 1 amide bonds. The van der Waals surface area contributed by atoms with Crippen molar-refractivity contribution in [2.45, 2.75) is 18.3 Å². The number of carbonyl (C=O) groups is 3. The average Bonchev–Trinajstić information content (AvgIpc) is 2.51. The van der Waals surface area contributed by atoms with Crippen LogP contribution in [0.2, 0.25) is 0 Å². The van der Waals surface area contributed by atoms with Gasteiger partial charge in [-0.15, -0.1) is 0 Å². The van der Waals surface area contributed by atoms with E-state index in [9.17, 15) is 14.4 Å². The van der Waals surface area contributed by atoms with Gasteiger partial charge in [-0.1, -0.05) is 18.2 Å². The van der Waals surface area contributed by atoms with Crippen LogP contribution in [-0.4, -0.2) is 28.1 Å². The van der Waals surface area contributed by atoms with Gasteiger partial charge >= 0.3 is 11.9 Å². The second-order valence-corrected chi connectivity index (χ2v) is 4.22. The molecule has 1 aromatic rings. The Balaban J connectivity index is 2.55. The Morgan fingerprint density at radius 1 is 1.11 bits per heavy atom. The number of aliphatic carboxylic acids is 2. The fourth-order valence-corrected chi connectivity index (χ4v) is 2.30. The SMILES string of the molecule is O=C(O)CC1(CC(=O)O)C(=O)Nc2ccccc21. The summed E-state index contributed by atoms with van der Waals surface area (Å²) in [5.41, 5.74) is -0.612. The van der Waals surface area contributed by atoms with Gasteiger partial charge in [-0.3, -0.25) is 14.4 Å². The molecule has 6 heteroatoms. The molecule has 2 rings (SSSR count). The van der Waals surface area contributed by atoms with Crippen molar-refractivity contribution < 1.29 is 24.6 Å². The highest BCUT2D eigenvalue weighted by Gasteiger charge is 2.49. The van der Waals surface area contributed by atoms with E-state index in [0.29, 0.717) is 11.3 Å². The summed E-state index contributed by atoms with van der Waals surface area (Å²) in [5, 5.41) is 20.4. The van der Waals surface area contributed by atoms with Crippen molar-refractivity contribution in [1.82, 2.24) is 0 Å². The van der Waals surface area contributed by atoms with Crippen LogP contribution in [0.15, 0.2) is 24.3 Å². The van der Waals surface area contributed by atoms with E-state index >= 15 is 0 Å². The molecule has 0 spiro atoms. The molecule has 0 atom stereocenters. The number of carbonyl (C=O) groups excluding carboxylic acids is 1. The topological polar surface area (TPSA) is 104 Å². The molecule has 0 aliphatic carbocycles. The fourth-order valence-electron chi connectivity index (χ4n) is 2.30. The van der Waals surface area contributed by atoms with Crippen LogP contribution in [0.5, 0.6) is 0 Å². The molecule has 1 heterocycles. The molecule has 3 N–H and O–H groups in total. The number of para-hydroxylation sites is 1. The van der Waals surface area contributed by atoms with Crippen LogP contribution in [0.1, 0.15) is 18.4 Å². The lowest BCUT2D eigenvalue weighted by atomic mass is 9.76. The molecule has 0 bridgehead atoms. The molecular weight excluding hydrogens is 238 g/mol. The normalized spacial score (nSPS) is 15.9. The Morgan fingerprint density at radius 3 is 2.22 bits per heavy atom. The monoisotopic (exact) mass is 249 g/mol. The third-order valence-corrected chi connectivity index (χ3v) is 3.03. The highest BCUT2D eigenvalue weighted by atomic mass is 16.4. The van der Waals surface area contributed by atoms with Crippen LogP contribution in [-0.2, 0) is 19.8 Å². The fraction of sp³-hybridized carbons (Fsp3) is 0.250. The van der Waals surface area contributed by atoms with Gasteiger partial charge in [0, 0.05) is 5.69 Å². The number of carboxylic acid groups (broad SMARTS) is 2. The number of carboxylic acids is 2. The molecule has 0 fully saturated rings. The van der Waals surface area contributed by atoms with Crippen molar-refractivity contribution in [3.63, 3.8) is 0 Å². The molecule has 1 aliphatic heterocycles. The van der Waals surface area contributed by atoms with Gasteiger partial charge in [0.15, 0.2) is 0 Å². The van der Waals surface area contributed by atoms with Crippen molar-refractivity contribution in [2.24, 2.45) is 0 Å². The Hall–Kier alpha value is -2.37. The minimum Gasteiger partial charge on any atom is -0.481 e. The van der Waals surface area contributed by atoms with Crippen LogP contribution < -0.4 is 5.32 Å². The number of hydrogen-bond donors (Lipinski definition) is 3. The number of benzene rings is 1. The summed E-state index contributed by atoms with van der Waals surface area (Å²) >= 11 is 0. The average molecular weight is 249 g/mol. The highest BCUT2D eigenvalue weighted by molar-refractivity contribution is 6.09. The Morgan fingerprint density at radius 2 is 1.67 bits per heavy atom. The molecule has 0 radical (unpaired) electrons. The van der Waals surface area contributed by atoms with Crippen LogP contribution in [0, 0.1) is 0 Å². The van der Waals surface area contributed by atoms with E-state index in [-0.39, 0.29) is 0 Å². The number of nitrogens with one attached hydrogen (secondary N) is 1. The molecular formula is C12H11NO5. The van der Waals surface area contributed by atoms with Gasteiger partial charge in [0.2, 0.25) is 5.91 Å². The Kier molecular flexibility index (Phi) is 2.78. The lowest BCUT2D eigenvalue weighted by Crippen LogP contribution is -2.39.